The zero-order valence-corrected chi connectivity index (χ0v) is 13.8. The lowest BCUT2D eigenvalue weighted by Crippen LogP contribution is -2.23. The van der Waals surface area contributed by atoms with Crippen LogP contribution >= 0.6 is 0 Å². The van der Waals surface area contributed by atoms with Crippen molar-refractivity contribution in [2.45, 2.75) is 18.4 Å². The second-order valence-electron chi connectivity index (χ2n) is 5.24. The molecule has 130 valence electrons. The highest BCUT2D eigenvalue weighted by molar-refractivity contribution is 7.89. The molecule has 9 heteroatoms. The van der Waals surface area contributed by atoms with E-state index in [-0.39, 0.29) is 28.8 Å². The molecule has 0 radical (unpaired) electrons. The number of nitrogens with one attached hydrogen (secondary N) is 1. The van der Waals surface area contributed by atoms with Crippen molar-refractivity contribution in [3.63, 3.8) is 0 Å². The number of nitrogens with zero attached hydrogens (tertiary/aromatic N) is 2. The maximum Gasteiger partial charge on any atom is 0.247 e. The summed E-state index contributed by atoms with van der Waals surface area (Å²) in [7, 11) is -3.85. The minimum Gasteiger partial charge on any atom is -0.419 e. The fourth-order valence-corrected chi connectivity index (χ4v) is 3.12. The highest BCUT2D eigenvalue weighted by Gasteiger charge is 2.17. The van der Waals surface area contributed by atoms with Gasteiger partial charge in [0.15, 0.2) is 0 Å². The van der Waals surface area contributed by atoms with Crippen LogP contribution in [0, 0.1) is 18.6 Å². The van der Waals surface area contributed by atoms with E-state index in [1.54, 1.807) is 0 Å². The van der Waals surface area contributed by atoms with Crippen LogP contribution in [0.2, 0.25) is 0 Å². The summed E-state index contributed by atoms with van der Waals surface area (Å²) in [4.78, 5) is -0.0651. The topological polar surface area (TPSA) is 85.1 Å². The number of hydrogen-bond acceptors (Lipinski definition) is 5. The molecule has 1 N–H and O–H groups in total. The van der Waals surface area contributed by atoms with Crippen molar-refractivity contribution in [3.05, 3.63) is 65.6 Å². The van der Waals surface area contributed by atoms with Crippen LogP contribution in [0.1, 0.15) is 11.5 Å². The molecule has 6 nitrogen and oxygen atoms in total. The molecule has 0 aliphatic rings. The lowest BCUT2D eigenvalue weighted by molar-refractivity contribution is 0.494. The fourth-order valence-electron chi connectivity index (χ4n) is 2.06. The average molecular weight is 365 g/mol. The molecule has 0 unspecified atom stereocenters. The maximum atomic E-state index is 13.3. The minimum atomic E-state index is -3.85. The van der Waals surface area contributed by atoms with E-state index in [0.717, 1.165) is 6.07 Å². The maximum absolute atomic E-state index is 13.3. The first-order chi connectivity index (χ1) is 11.8. The summed E-state index contributed by atoms with van der Waals surface area (Å²) in [5.41, 5.74) is 0.733. The van der Waals surface area contributed by atoms with Crippen LogP contribution in [0.3, 0.4) is 0 Å². The average Bonchev–Trinajstić information content (AvgIpc) is 3.05. The second kappa shape index (κ2) is 6.69. The molecular weight excluding hydrogens is 352 g/mol. The number of aromatic nitrogens is 2. The first-order valence-corrected chi connectivity index (χ1v) is 8.67. The van der Waals surface area contributed by atoms with Gasteiger partial charge in [-0.25, -0.2) is 21.9 Å². The molecule has 1 aromatic heterocycles. The van der Waals surface area contributed by atoms with E-state index < -0.39 is 21.7 Å². The van der Waals surface area contributed by atoms with E-state index in [9.17, 15) is 17.2 Å². The molecule has 0 bridgehead atoms. The second-order valence-corrected chi connectivity index (χ2v) is 7.01. The summed E-state index contributed by atoms with van der Waals surface area (Å²) < 4.78 is 58.3. The summed E-state index contributed by atoms with van der Waals surface area (Å²) in [5, 5.41) is 7.54. The van der Waals surface area contributed by atoms with Crippen LogP contribution in [-0.4, -0.2) is 18.6 Å². The van der Waals surface area contributed by atoms with Gasteiger partial charge in [-0.15, -0.1) is 10.2 Å². The smallest absolute Gasteiger partial charge is 0.247 e. The van der Waals surface area contributed by atoms with Crippen LogP contribution in [0.15, 0.2) is 51.8 Å². The van der Waals surface area contributed by atoms with Gasteiger partial charge in [0.1, 0.15) is 11.6 Å². The van der Waals surface area contributed by atoms with Crippen LogP contribution in [0.25, 0.3) is 11.5 Å². The predicted molar refractivity (Wildman–Crippen MR) is 84.9 cm³/mol. The number of halogens is 2. The van der Waals surface area contributed by atoms with Gasteiger partial charge in [-0.3, -0.25) is 0 Å². The summed E-state index contributed by atoms with van der Waals surface area (Å²) in [6, 6.07) is 8.93. The molecule has 0 atom stereocenters. The molecule has 0 saturated carbocycles. The van der Waals surface area contributed by atoms with Gasteiger partial charge in [0.25, 0.3) is 0 Å². The molecule has 3 rings (SSSR count). The zero-order valence-electron chi connectivity index (χ0n) is 13.0. The van der Waals surface area contributed by atoms with Crippen molar-refractivity contribution >= 4 is 10.0 Å². The first-order valence-electron chi connectivity index (χ1n) is 7.19. The van der Waals surface area contributed by atoms with E-state index in [1.165, 1.54) is 43.3 Å². The van der Waals surface area contributed by atoms with E-state index in [0.29, 0.717) is 5.56 Å². The normalized spacial score (nSPS) is 11.6. The SMILES string of the molecule is Cc1cc(S(=O)(=O)NCc2nnc(-c3ccc(F)cc3)o2)ccc1F. The third kappa shape index (κ3) is 3.89. The molecule has 0 aliphatic carbocycles. The Kier molecular flexibility index (Phi) is 4.60. The van der Waals surface area contributed by atoms with Gasteiger partial charge in [0.2, 0.25) is 21.8 Å². The van der Waals surface area contributed by atoms with Crippen molar-refractivity contribution in [1.82, 2.24) is 14.9 Å². The Labute approximate surface area is 142 Å². The van der Waals surface area contributed by atoms with Crippen molar-refractivity contribution in [1.29, 1.82) is 0 Å². The fraction of sp³-hybridized carbons (Fsp3) is 0.125. The van der Waals surface area contributed by atoms with Crippen LogP contribution in [0.4, 0.5) is 8.78 Å². The number of hydrogen-bond donors (Lipinski definition) is 1. The third-order valence-corrected chi connectivity index (χ3v) is 4.81. The van der Waals surface area contributed by atoms with Gasteiger partial charge in [-0.2, -0.15) is 0 Å². The van der Waals surface area contributed by atoms with Gasteiger partial charge in [-0.05, 0) is 55.0 Å². The third-order valence-electron chi connectivity index (χ3n) is 3.41. The van der Waals surface area contributed by atoms with Crippen molar-refractivity contribution < 1.29 is 21.6 Å². The first kappa shape index (κ1) is 17.2. The lowest BCUT2D eigenvalue weighted by atomic mass is 10.2. The van der Waals surface area contributed by atoms with Gasteiger partial charge in [-0.1, -0.05) is 0 Å². The van der Waals surface area contributed by atoms with Gasteiger partial charge in [0.05, 0.1) is 11.4 Å². The Bertz CT molecular complexity index is 1000. The highest BCUT2D eigenvalue weighted by atomic mass is 32.2. The summed E-state index contributed by atoms with van der Waals surface area (Å²) in [6.45, 7) is 1.24. The number of sulfonamides is 1. The number of aryl methyl sites for hydroxylation is 1. The molecule has 0 amide bonds. The Morgan fingerprint density at radius 2 is 1.80 bits per heavy atom. The molecule has 0 spiro atoms. The molecule has 0 fully saturated rings. The Morgan fingerprint density at radius 3 is 2.48 bits per heavy atom. The van der Waals surface area contributed by atoms with Crippen molar-refractivity contribution in [2.24, 2.45) is 0 Å². The van der Waals surface area contributed by atoms with Crippen LogP contribution in [-0.2, 0) is 16.6 Å². The van der Waals surface area contributed by atoms with E-state index in [2.05, 4.69) is 14.9 Å². The Morgan fingerprint density at radius 1 is 1.08 bits per heavy atom. The molecule has 3 aromatic rings. The van der Waals surface area contributed by atoms with E-state index in [1.807, 2.05) is 0 Å². The molecular formula is C16H13F2N3O3S. The van der Waals surface area contributed by atoms with Gasteiger partial charge < -0.3 is 4.42 Å². The standard InChI is InChI=1S/C16H13F2N3O3S/c1-10-8-13(6-7-14(10)18)25(22,23)19-9-15-20-21-16(24-15)11-2-4-12(17)5-3-11/h2-8,19H,9H2,1H3. The summed E-state index contributed by atoms with van der Waals surface area (Å²) in [5.74, 6) is -0.695. The van der Waals surface area contributed by atoms with Gasteiger partial charge >= 0.3 is 0 Å². The van der Waals surface area contributed by atoms with E-state index >= 15 is 0 Å². The highest BCUT2D eigenvalue weighted by Crippen LogP contribution is 2.19. The monoisotopic (exact) mass is 365 g/mol. The van der Waals surface area contributed by atoms with Crippen LogP contribution in [0.5, 0.6) is 0 Å². The molecule has 0 aliphatic heterocycles. The summed E-state index contributed by atoms with van der Waals surface area (Å²) >= 11 is 0. The lowest BCUT2D eigenvalue weighted by Gasteiger charge is -2.06. The molecule has 2 aromatic carbocycles. The number of benzene rings is 2. The Balaban J connectivity index is 1.73. The summed E-state index contributed by atoms with van der Waals surface area (Å²) in [6.07, 6.45) is 0. The number of rotatable bonds is 5. The zero-order chi connectivity index (χ0) is 18.0. The quantitative estimate of drug-likeness (QED) is 0.751. The van der Waals surface area contributed by atoms with Gasteiger partial charge in [0, 0.05) is 5.56 Å². The Hall–Kier alpha value is -2.65. The molecule has 0 saturated heterocycles. The molecule has 25 heavy (non-hydrogen) atoms. The largest absolute Gasteiger partial charge is 0.419 e. The van der Waals surface area contributed by atoms with E-state index in [4.69, 9.17) is 4.42 Å². The molecule has 1 heterocycles. The van der Waals surface area contributed by atoms with Crippen molar-refractivity contribution in [2.75, 3.05) is 0 Å². The van der Waals surface area contributed by atoms with Crippen molar-refractivity contribution in [3.8, 4) is 11.5 Å². The minimum absolute atomic E-state index is 0.0433. The predicted octanol–water partition coefficient (Wildman–Crippen LogP) is 2.80. The van der Waals surface area contributed by atoms with Crippen LogP contribution < -0.4 is 4.72 Å².